The predicted molar refractivity (Wildman–Crippen MR) is 105 cm³/mol. The van der Waals surface area contributed by atoms with E-state index in [0.29, 0.717) is 12.5 Å². The Hall–Kier alpha value is -2.30. The highest BCUT2D eigenvalue weighted by molar-refractivity contribution is 5.87. The number of aromatic nitrogens is 1. The van der Waals surface area contributed by atoms with Gasteiger partial charge in [-0.25, -0.2) is 4.98 Å². The minimum atomic E-state index is 0. The second-order valence-corrected chi connectivity index (χ2v) is 5.89. The molecule has 1 aromatic heterocycles. The molecule has 0 aliphatic rings. The number of hydrogen-bond acceptors (Lipinski definition) is 4. The van der Waals surface area contributed by atoms with E-state index in [4.69, 9.17) is 14.5 Å². The van der Waals surface area contributed by atoms with Gasteiger partial charge in [-0.2, -0.15) is 0 Å². The molecule has 3 rings (SSSR count). The van der Waals surface area contributed by atoms with Crippen LogP contribution < -0.4 is 9.47 Å². The normalized spacial score (nSPS) is 10.6. The van der Waals surface area contributed by atoms with Crippen molar-refractivity contribution >= 4 is 23.3 Å². The maximum absolute atomic E-state index is 6.00. The summed E-state index contributed by atoms with van der Waals surface area (Å²) in [4.78, 5) is 6.81. The van der Waals surface area contributed by atoms with Gasteiger partial charge in [0.1, 0.15) is 12.4 Å². The number of rotatable bonds is 6. The van der Waals surface area contributed by atoms with Crippen molar-refractivity contribution in [1.29, 1.82) is 0 Å². The molecule has 0 N–H and O–H groups in total. The van der Waals surface area contributed by atoms with E-state index in [0.717, 1.165) is 34.3 Å². The third kappa shape index (κ3) is 4.41. The van der Waals surface area contributed by atoms with Crippen LogP contribution in [0.4, 0.5) is 0 Å². The van der Waals surface area contributed by atoms with E-state index >= 15 is 0 Å². The summed E-state index contributed by atoms with van der Waals surface area (Å²) >= 11 is 0. The average Bonchev–Trinajstić information content (AvgIpc) is 2.60. The standard InChI is InChI=1S/C20H22N2O2.ClH/c1-22(2)12-13-24-20-17(16-9-5-7-11-19(16)23-3)14-15-8-4-6-10-18(15)21-20;/h4-11,14H,12-13H2,1-3H3;1H. The molecule has 0 aliphatic carbocycles. The van der Waals surface area contributed by atoms with E-state index in [9.17, 15) is 0 Å². The van der Waals surface area contributed by atoms with E-state index in [-0.39, 0.29) is 12.4 Å². The molecule has 0 aliphatic heterocycles. The third-order valence-electron chi connectivity index (χ3n) is 3.86. The van der Waals surface area contributed by atoms with Gasteiger partial charge in [-0.05, 0) is 32.3 Å². The van der Waals surface area contributed by atoms with E-state index < -0.39 is 0 Å². The van der Waals surface area contributed by atoms with Gasteiger partial charge in [-0.1, -0.05) is 36.4 Å². The van der Waals surface area contributed by atoms with Crippen molar-refractivity contribution in [3.63, 3.8) is 0 Å². The average molecular weight is 359 g/mol. The first-order valence-electron chi connectivity index (χ1n) is 8.00. The molecular formula is C20H23ClN2O2. The fraction of sp³-hybridized carbons (Fsp3) is 0.250. The number of methoxy groups -OCH3 is 1. The molecule has 4 nitrogen and oxygen atoms in total. The van der Waals surface area contributed by atoms with Crippen LogP contribution in [0, 0.1) is 0 Å². The van der Waals surface area contributed by atoms with Crippen molar-refractivity contribution in [1.82, 2.24) is 9.88 Å². The highest BCUT2D eigenvalue weighted by Gasteiger charge is 2.14. The van der Waals surface area contributed by atoms with Crippen molar-refractivity contribution < 1.29 is 9.47 Å². The molecular weight excluding hydrogens is 336 g/mol. The molecule has 0 saturated carbocycles. The third-order valence-corrected chi connectivity index (χ3v) is 3.86. The van der Waals surface area contributed by atoms with E-state index in [1.54, 1.807) is 7.11 Å². The first-order chi connectivity index (χ1) is 11.7. The summed E-state index contributed by atoms with van der Waals surface area (Å²) in [7, 11) is 5.73. The number of benzene rings is 2. The summed E-state index contributed by atoms with van der Waals surface area (Å²) in [5.74, 6) is 1.45. The van der Waals surface area contributed by atoms with Crippen LogP contribution in [0.15, 0.2) is 54.6 Å². The summed E-state index contributed by atoms with van der Waals surface area (Å²) in [5.41, 5.74) is 2.86. The molecule has 5 heteroatoms. The highest BCUT2D eigenvalue weighted by atomic mass is 35.5. The molecule has 3 aromatic rings. The van der Waals surface area contributed by atoms with Crippen molar-refractivity contribution in [2.24, 2.45) is 0 Å². The van der Waals surface area contributed by atoms with Crippen molar-refractivity contribution in [2.45, 2.75) is 0 Å². The summed E-state index contributed by atoms with van der Waals surface area (Å²) in [6.45, 7) is 1.42. The molecule has 0 saturated heterocycles. The summed E-state index contributed by atoms with van der Waals surface area (Å²) in [6.07, 6.45) is 0. The van der Waals surface area contributed by atoms with Gasteiger partial charge in [0.2, 0.25) is 5.88 Å². The Labute approximate surface area is 154 Å². The highest BCUT2D eigenvalue weighted by Crippen LogP contribution is 2.37. The van der Waals surface area contributed by atoms with E-state index in [1.165, 1.54) is 0 Å². The fourth-order valence-electron chi connectivity index (χ4n) is 2.59. The predicted octanol–water partition coefficient (Wildman–Crippen LogP) is 4.27. The Bertz CT molecular complexity index is 837. The Morgan fingerprint density at radius 1 is 0.960 bits per heavy atom. The second kappa shape index (κ2) is 8.70. The zero-order valence-corrected chi connectivity index (χ0v) is 15.5. The van der Waals surface area contributed by atoms with Gasteiger partial charge in [-0.3, -0.25) is 0 Å². The van der Waals surface area contributed by atoms with E-state index in [2.05, 4.69) is 17.0 Å². The van der Waals surface area contributed by atoms with Gasteiger partial charge in [0.05, 0.1) is 12.6 Å². The fourth-order valence-corrected chi connectivity index (χ4v) is 2.59. The number of ether oxygens (including phenoxy) is 2. The molecule has 0 spiro atoms. The maximum atomic E-state index is 6.00. The van der Waals surface area contributed by atoms with Gasteiger partial charge in [0, 0.05) is 23.1 Å². The molecule has 1 heterocycles. The molecule has 25 heavy (non-hydrogen) atoms. The van der Waals surface area contributed by atoms with Crippen LogP contribution in [-0.4, -0.2) is 44.2 Å². The molecule has 132 valence electrons. The van der Waals surface area contributed by atoms with Crippen LogP contribution in [0.5, 0.6) is 11.6 Å². The molecule has 0 atom stereocenters. The molecule has 2 aromatic carbocycles. The van der Waals surface area contributed by atoms with Gasteiger partial charge >= 0.3 is 0 Å². The largest absolute Gasteiger partial charge is 0.496 e. The monoisotopic (exact) mass is 358 g/mol. The first-order valence-corrected chi connectivity index (χ1v) is 8.00. The topological polar surface area (TPSA) is 34.6 Å². The number of fused-ring (bicyclic) bond motifs is 1. The minimum absolute atomic E-state index is 0. The van der Waals surface area contributed by atoms with Crippen LogP contribution in [-0.2, 0) is 0 Å². The van der Waals surface area contributed by atoms with Crippen LogP contribution in [0.2, 0.25) is 0 Å². The lowest BCUT2D eigenvalue weighted by atomic mass is 10.0. The summed E-state index contributed by atoms with van der Waals surface area (Å²) < 4.78 is 11.5. The minimum Gasteiger partial charge on any atom is -0.496 e. The molecule has 0 bridgehead atoms. The Balaban J connectivity index is 0.00000225. The van der Waals surface area contributed by atoms with Crippen LogP contribution >= 0.6 is 12.4 Å². The maximum Gasteiger partial charge on any atom is 0.222 e. The lowest BCUT2D eigenvalue weighted by Gasteiger charge is -2.16. The lowest BCUT2D eigenvalue weighted by molar-refractivity contribution is 0.255. The van der Waals surface area contributed by atoms with E-state index in [1.807, 2.05) is 56.6 Å². The summed E-state index contributed by atoms with van der Waals surface area (Å²) in [6, 6.07) is 18.1. The Morgan fingerprint density at radius 3 is 2.44 bits per heavy atom. The SMILES string of the molecule is COc1ccccc1-c1cc2ccccc2nc1OCCN(C)C.Cl. The second-order valence-electron chi connectivity index (χ2n) is 5.89. The zero-order valence-electron chi connectivity index (χ0n) is 14.7. The van der Waals surface area contributed by atoms with Crippen LogP contribution in [0.25, 0.3) is 22.0 Å². The smallest absolute Gasteiger partial charge is 0.222 e. The molecule has 0 radical (unpaired) electrons. The van der Waals surface area contributed by atoms with Crippen LogP contribution in [0.3, 0.4) is 0 Å². The summed E-state index contributed by atoms with van der Waals surface area (Å²) in [5, 5.41) is 1.08. The number of pyridine rings is 1. The van der Waals surface area contributed by atoms with Crippen molar-refractivity contribution in [3.8, 4) is 22.8 Å². The first kappa shape index (κ1) is 19.0. The van der Waals surface area contributed by atoms with Crippen molar-refractivity contribution in [2.75, 3.05) is 34.4 Å². The van der Waals surface area contributed by atoms with Gasteiger partial charge in [0.25, 0.3) is 0 Å². The molecule has 0 unspecified atom stereocenters. The zero-order chi connectivity index (χ0) is 16.9. The van der Waals surface area contributed by atoms with Crippen LogP contribution in [0.1, 0.15) is 0 Å². The molecule has 0 amide bonds. The number of para-hydroxylation sites is 2. The van der Waals surface area contributed by atoms with Gasteiger partial charge in [-0.15, -0.1) is 12.4 Å². The lowest BCUT2D eigenvalue weighted by Crippen LogP contribution is -2.19. The number of hydrogen-bond donors (Lipinski definition) is 0. The van der Waals surface area contributed by atoms with Crippen molar-refractivity contribution in [3.05, 3.63) is 54.6 Å². The Kier molecular flexibility index (Phi) is 6.62. The number of nitrogens with zero attached hydrogens (tertiary/aromatic N) is 2. The van der Waals surface area contributed by atoms with Gasteiger partial charge in [0.15, 0.2) is 0 Å². The Morgan fingerprint density at radius 2 is 1.68 bits per heavy atom. The van der Waals surface area contributed by atoms with Gasteiger partial charge < -0.3 is 14.4 Å². The number of likely N-dealkylation sites (N-methyl/N-ethyl adjacent to an activating group) is 1. The molecule has 0 fully saturated rings. The number of halogens is 1. The quantitative estimate of drug-likeness (QED) is 0.659.